The Labute approximate surface area is 187 Å². The lowest BCUT2D eigenvalue weighted by Gasteiger charge is -2.19. The van der Waals surface area contributed by atoms with Gasteiger partial charge in [0.2, 0.25) is 0 Å². The van der Waals surface area contributed by atoms with Crippen molar-refractivity contribution >= 4 is 28.8 Å². The molecule has 0 saturated heterocycles. The van der Waals surface area contributed by atoms with E-state index in [1.54, 1.807) is 18.2 Å². The van der Waals surface area contributed by atoms with Crippen molar-refractivity contribution < 1.29 is 19.1 Å². The smallest absolute Gasteiger partial charge is 0.282 e. The van der Waals surface area contributed by atoms with E-state index in [1.165, 1.54) is 14.2 Å². The summed E-state index contributed by atoms with van der Waals surface area (Å²) >= 11 is 0. The second kappa shape index (κ2) is 8.59. The highest BCUT2D eigenvalue weighted by molar-refractivity contribution is 6.46. The quantitative estimate of drug-likeness (QED) is 0.576. The summed E-state index contributed by atoms with van der Waals surface area (Å²) in [5.41, 5.74) is 4.38. The molecule has 0 aromatic heterocycles. The lowest BCUT2D eigenvalue weighted by atomic mass is 10.0. The second-order valence-electron chi connectivity index (χ2n) is 7.59. The summed E-state index contributed by atoms with van der Waals surface area (Å²) in [6, 6.07) is 20.2. The van der Waals surface area contributed by atoms with Crippen LogP contribution in [-0.4, -0.2) is 26.0 Å². The molecule has 0 spiro atoms. The summed E-state index contributed by atoms with van der Waals surface area (Å²) in [7, 11) is 3.02. The number of methoxy groups -OCH3 is 2. The van der Waals surface area contributed by atoms with E-state index in [1.807, 2.05) is 62.4 Å². The van der Waals surface area contributed by atoms with Crippen LogP contribution in [0.5, 0.6) is 11.5 Å². The maximum atomic E-state index is 13.6. The molecule has 0 unspecified atom stereocenters. The van der Waals surface area contributed by atoms with Gasteiger partial charge in [0.15, 0.2) is 0 Å². The predicted molar refractivity (Wildman–Crippen MR) is 125 cm³/mol. The van der Waals surface area contributed by atoms with Crippen LogP contribution in [0.2, 0.25) is 0 Å². The lowest BCUT2D eigenvalue weighted by molar-refractivity contribution is -0.120. The average molecular weight is 428 g/mol. The second-order valence-corrected chi connectivity index (χ2v) is 7.59. The van der Waals surface area contributed by atoms with E-state index < -0.39 is 11.8 Å². The van der Waals surface area contributed by atoms with E-state index in [2.05, 4.69) is 5.32 Å². The number of hydrogen-bond acceptors (Lipinski definition) is 5. The molecule has 6 nitrogen and oxygen atoms in total. The number of carbonyl (C=O) groups excluding carboxylic acids is 2. The number of anilines is 2. The lowest BCUT2D eigenvalue weighted by Crippen LogP contribution is -2.32. The van der Waals surface area contributed by atoms with E-state index in [-0.39, 0.29) is 5.70 Å². The Bertz CT molecular complexity index is 1210. The molecule has 0 saturated carbocycles. The van der Waals surface area contributed by atoms with Crippen LogP contribution in [0.25, 0.3) is 5.57 Å². The largest absolute Gasteiger partial charge is 0.497 e. The summed E-state index contributed by atoms with van der Waals surface area (Å²) in [4.78, 5) is 28.4. The maximum Gasteiger partial charge on any atom is 0.282 e. The average Bonchev–Trinajstić information content (AvgIpc) is 3.04. The van der Waals surface area contributed by atoms with Crippen molar-refractivity contribution in [2.45, 2.75) is 13.8 Å². The first kappa shape index (κ1) is 21.2. The van der Waals surface area contributed by atoms with Crippen LogP contribution in [0, 0.1) is 13.8 Å². The summed E-state index contributed by atoms with van der Waals surface area (Å²) in [6.45, 7) is 3.96. The van der Waals surface area contributed by atoms with Crippen molar-refractivity contribution in [2.75, 3.05) is 24.4 Å². The highest BCUT2D eigenvalue weighted by atomic mass is 16.5. The Balaban J connectivity index is 1.85. The highest BCUT2D eigenvalue weighted by Gasteiger charge is 2.41. The number of hydrogen-bond donors (Lipinski definition) is 1. The van der Waals surface area contributed by atoms with Crippen LogP contribution >= 0.6 is 0 Å². The molecule has 1 aliphatic rings. The number of ether oxygens (including phenoxy) is 2. The fourth-order valence-corrected chi connectivity index (χ4v) is 3.61. The van der Waals surface area contributed by atoms with Crippen molar-refractivity contribution in [1.82, 2.24) is 0 Å². The minimum absolute atomic E-state index is 0.215. The fourth-order valence-electron chi connectivity index (χ4n) is 3.61. The van der Waals surface area contributed by atoms with Crippen molar-refractivity contribution in [3.05, 3.63) is 89.1 Å². The Kier molecular flexibility index (Phi) is 5.69. The van der Waals surface area contributed by atoms with Gasteiger partial charge in [0.05, 0.1) is 25.5 Å². The number of carbonyl (C=O) groups is 2. The van der Waals surface area contributed by atoms with Gasteiger partial charge in [0, 0.05) is 11.8 Å². The molecule has 1 aliphatic heterocycles. The first-order valence-corrected chi connectivity index (χ1v) is 10.2. The number of rotatable bonds is 6. The van der Waals surface area contributed by atoms with Gasteiger partial charge in [-0.2, -0.15) is 0 Å². The molecule has 1 N–H and O–H groups in total. The summed E-state index contributed by atoms with van der Waals surface area (Å²) in [5.74, 6) is 0.0169. The van der Waals surface area contributed by atoms with E-state index >= 15 is 0 Å². The molecule has 1 heterocycles. The molecule has 0 radical (unpaired) electrons. The SMILES string of the molecule is COc1ccc(OC)c(N2C(=O)C(Nc3ccc(C)cc3)=C(c3ccc(C)cc3)C2=O)c1. The third kappa shape index (κ3) is 3.83. The van der Waals surface area contributed by atoms with E-state index in [0.29, 0.717) is 28.3 Å². The molecule has 0 bridgehead atoms. The molecule has 3 aromatic rings. The third-order valence-corrected chi connectivity index (χ3v) is 5.37. The fraction of sp³-hybridized carbons (Fsp3) is 0.154. The van der Waals surface area contributed by atoms with Crippen LogP contribution in [0.4, 0.5) is 11.4 Å². The van der Waals surface area contributed by atoms with Crippen molar-refractivity contribution in [3.8, 4) is 11.5 Å². The molecule has 4 rings (SSSR count). The molecular weight excluding hydrogens is 404 g/mol. The van der Waals surface area contributed by atoms with Crippen LogP contribution < -0.4 is 19.7 Å². The van der Waals surface area contributed by atoms with Gasteiger partial charge in [-0.05, 0) is 43.7 Å². The summed E-state index contributed by atoms with van der Waals surface area (Å²) in [6.07, 6.45) is 0. The number of imide groups is 1. The molecule has 0 aliphatic carbocycles. The minimum atomic E-state index is -0.460. The number of nitrogens with zero attached hydrogens (tertiary/aromatic N) is 1. The molecule has 162 valence electrons. The minimum Gasteiger partial charge on any atom is -0.497 e. The van der Waals surface area contributed by atoms with E-state index in [9.17, 15) is 9.59 Å². The van der Waals surface area contributed by atoms with E-state index in [4.69, 9.17) is 9.47 Å². The van der Waals surface area contributed by atoms with Crippen LogP contribution in [0.15, 0.2) is 72.4 Å². The first-order chi connectivity index (χ1) is 15.4. The van der Waals surface area contributed by atoms with Crippen molar-refractivity contribution in [3.63, 3.8) is 0 Å². The number of benzene rings is 3. The Hall–Kier alpha value is -4.06. The Morgan fingerprint density at radius 1 is 0.750 bits per heavy atom. The number of amides is 2. The number of nitrogens with one attached hydrogen (secondary N) is 1. The molecular formula is C26H24N2O4. The molecule has 0 atom stereocenters. The standard InChI is InChI=1S/C26H24N2O4/c1-16-5-9-18(10-6-16)23-24(27-19-11-7-17(2)8-12-19)26(30)28(25(23)29)21-15-20(31-3)13-14-22(21)32-4/h5-15,27H,1-4H3. The molecule has 3 aromatic carbocycles. The van der Waals surface area contributed by atoms with E-state index in [0.717, 1.165) is 21.7 Å². The maximum absolute atomic E-state index is 13.6. The van der Waals surface area contributed by atoms with Gasteiger partial charge >= 0.3 is 0 Å². The van der Waals surface area contributed by atoms with Gasteiger partial charge < -0.3 is 14.8 Å². The van der Waals surface area contributed by atoms with Crippen LogP contribution in [-0.2, 0) is 9.59 Å². The van der Waals surface area contributed by atoms with Gasteiger partial charge in [0.1, 0.15) is 17.2 Å². The van der Waals surface area contributed by atoms with Crippen molar-refractivity contribution in [1.29, 1.82) is 0 Å². The predicted octanol–water partition coefficient (Wildman–Crippen LogP) is 4.72. The molecule has 6 heteroatoms. The zero-order chi connectivity index (χ0) is 22.8. The van der Waals surface area contributed by atoms with Gasteiger partial charge in [0.25, 0.3) is 11.8 Å². The van der Waals surface area contributed by atoms with Crippen LogP contribution in [0.3, 0.4) is 0 Å². The molecule has 32 heavy (non-hydrogen) atoms. The molecule has 2 amide bonds. The van der Waals surface area contributed by atoms with Gasteiger partial charge in [-0.1, -0.05) is 47.5 Å². The van der Waals surface area contributed by atoms with Crippen LogP contribution in [0.1, 0.15) is 16.7 Å². The monoisotopic (exact) mass is 428 g/mol. The highest BCUT2D eigenvalue weighted by Crippen LogP contribution is 2.39. The normalized spacial score (nSPS) is 13.6. The third-order valence-electron chi connectivity index (χ3n) is 5.37. The Morgan fingerprint density at radius 3 is 1.97 bits per heavy atom. The van der Waals surface area contributed by atoms with Gasteiger partial charge in [-0.3, -0.25) is 9.59 Å². The first-order valence-electron chi connectivity index (χ1n) is 10.2. The zero-order valence-electron chi connectivity index (χ0n) is 18.4. The molecule has 0 fully saturated rings. The summed E-state index contributed by atoms with van der Waals surface area (Å²) < 4.78 is 10.7. The van der Waals surface area contributed by atoms with Crippen molar-refractivity contribution in [2.24, 2.45) is 0 Å². The zero-order valence-corrected chi connectivity index (χ0v) is 18.4. The van der Waals surface area contributed by atoms with Gasteiger partial charge in [-0.25, -0.2) is 4.90 Å². The summed E-state index contributed by atoms with van der Waals surface area (Å²) in [5, 5.41) is 3.17. The van der Waals surface area contributed by atoms with Gasteiger partial charge in [-0.15, -0.1) is 0 Å². The Morgan fingerprint density at radius 2 is 1.38 bits per heavy atom. The topological polar surface area (TPSA) is 67.9 Å². The number of aryl methyl sites for hydroxylation is 2.